The molecule has 0 aromatic carbocycles. The van der Waals surface area contributed by atoms with Crippen LogP contribution in [0.1, 0.15) is 30.4 Å². The van der Waals surface area contributed by atoms with Gasteiger partial charge < -0.3 is 16.8 Å². The van der Waals surface area contributed by atoms with Crippen LogP contribution in [0.25, 0.3) is 0 Å². The highest BCUT2D eigenvalue weighted by Crippen LogP contribution is 2.16. The van der Waals surface area contributed by atoms with Gasteiger partial charge in [0.2, 0.25) is 5.91 Å². The maximum absolute atomic E-state index is 10.6. The van der Waals surface area contributed by atoms with Crippen molar-refractivity contribution in [1.82, 2.24) is 4.98 Å². The van der Waals surface area contributed by atoms with E-state index in [0.29, 0.717) is 23.8 Å². The Morgan fingerprint density at radius 2 is 2.17 bits per heavy atom. The van der Waals surface area contributed by atoms with E-state index in [2.05, 4.69) is 10.3 Å². The van der Waals surface area contributed by atoms with Gasteiger partial charge in [-0.1, -0.05) is 12.2 Å². The molecule has 0 aliphatic rings. The summed E-state index contributed by atoms with van der Waals surface area (Å²) in [4.78, 5) is 15.1. The molecule has 0 fully saturated rings. The number of primary amides is 1. The number of amides is 1. The van der Waals surface area contributed by atoms with Crippen LogP contribution in [0, 0.1) is 6.92 Å². The first kappa shape index (κ1) is 14.4. The molecule has 1 rings (SSSR count). The number of carbonyl (C=O) groups is 1. The highest BCUT2D eigenvalue weighted by atomic mass is 32.1. The van der Waals surface area contributed by atoms with Crippen LogP contribution in [0.2, 0.25) is 0 Å². The average Bonchev–Trinajstić information content (AvgIpc) is 2.27. The topological polar surface area (TPSA) is 94.0 Å². The molecule has 98 valence electrons. The van der Waals surface area contributed by atoms with E-state index in [1.165, 1.54) is 0 Å². The number of nitrogens with zero attached hydrogens (tertiary/aromatic N) is 1. The smallest absolute Gasteiger partial charge is 0.217 e. The number of pyridine rings is 1. The molecule has 0 atom stereocenters. The van der Waals surface area contributed by atoms with Crippen LogP contribution < -0.4 is 16.8 Å². The van der Waals surface area contributed by atoms with Gasteiger partial charge in [0.15, 0.2) is 0 Å². The first-order chi connectivity index (χ1) is 8.52. The highest BCUT2D eigenvalue weighted by Gasteiger charge is 2.08. The number of hydrogen-bond donors (Lipinski definition) is 3. The van der Waals surface area contributed by atoms with Crippen molar-refractivity contribution in [2.75, 3.05) is 11.9 Å². The van der Waals surface area contributed by atoms with Gasteiger partial charge in [0.05, 0.1) is 5.56 Å². The molecule has 1 aromatic rings. The lowest BCUT2D eigenvalue weighted by molar-refractivity contribution is -0.118. The molecule has 1 aromatic heterocycles. The van der Waals surface area contributed by atoms with E-state index in [0.717, 1.165) is 24.0 Å². The molecule has 0 unspecified atom stereocenters. The zero-order chi connectivity index (χ0) is 13.5. The Morgan fingerprint density at radius 3 is 2.78 bits per heavy atom. The molecule has 0 saturated carbocycles. The SMILES string of the molecule is Cc1ccnc(NCCCCC(N)=O)c1C(N)=S. The van der Waals surface area contributed by atoms with Crippen LogP contribution in [0.15, 0.2) is 12.3 Å². The van der Waals surface area contributed by atoms with Gasteiger partial charge in [-0.15, -0.1) is 0 Å². The number of unbranched alkanes of at least 4 members (excludes halogenated alkanes) is 1. The zero-order valence-corrected chi connectivity index (χ0v) is 11.2. The second kappa shape index (κ2) is 6.90. The zero-order valence-electron chi connectivity index (χ0n) is 10.4. The summed E-state index contributed by atoms with van der Waals surface area (Å²) in [6.45, 7) is 2.65. The summed E-state index contributed by atoms with van der Waals surface area (Å²) in [5.41, 5.74) is 12.5. The normalized spacial score (nSPS) is 10.1. The number of carbonyl (C=O) groups excluding carboxylic acids is 1. The van der Waals surface area contributed by atoms with E-state index in [1.54, 1.807) is 6.20 Å². The van der Waals surface area contributed by atoms with Gasteiger partial charge in [0, 0.05) is 19.2 Å². The summed E-state index contributed by atoms with van der Waals surface area (Å²) in [5.74, 6) is 0.425. The van der Waals surface area contributed by atoms with Crippen molar-refractivity contribution in [1.29, 1.82) is 0 Å². The van der Waals surface area contributed by atoms with Crippen LogP contribution >= 0.6 is 12.2 Å². The fourth-order valence-electron chi connectivity index (χ4n) is 1.63. The van der Waals surface area contributed by atoms with Crippen LogP contribution in [-0.4, -0.2) is 22.4 Å². The van der Waals surface area contributed by atoms with Crippen molar-refractivity contribution < 1.29 is 4.79 Å². The number of nitrogens with two attached hydrogens (primary N) is 2. The third-order valence-electron chi connectivity index (χ3n) is 2.55. The largest absolute Gasteiger partial charge is 0.389 e. The third-order valence-corrected chi connectivity index (χ3v) is 2.75. The van der Waals surface area contributed by atoms with Gasteiger partial charge in [-0.05, 0) is 31.4 Å². The van der Waals surface area contributed by atoms with Crippen LogP contribution in [0.5, 0.6) is 0 Å². The Morgan fingerprint density at radius 1 is 1.44 bits per heavy atom. The fourth-order valence-corrected chi connectivity index (χ4v) is 1.89. The first-order valence-electron chi connectivity index (χ1n) is 5.80. The first-order valence-corrected chi connectivity index (χ1v) is 6.20. The molecule has 0 saturated heterocycles. The van der Waals surface area contributed by atoms with Crippen molar-refractivity contribution in [2.24, 2.45) is 11.5 Å². The summed E-state index contributed by atoms with van der Waals surface area (Å²) >= 11 is 5.01. The lowest BCUT2D eigenvalue weighted by atomic mass is 10.1. The van der Waals surface area contributed by atoms with E-state index >= 15 is 0 Å². The molecule has 1 amide bonds. The summed E-state index contributed by atoms with van der Waals surface area (Å²) in [6.07, 6.45) is 3.72. The summed E-state index contributed by atoms with van der Waals surface area (Å²) in [7, 11) is 0. The van der Waals surface area contributed by atoms with E-state index in [4.69, 9.17) is 23.7 Å². The molecule has 6 heteroatoms. The lowest BCUT2D eigenvalue weighted by Gasteiger charge is -2.11. The van der Waals surface area contributed by atoms with E-state index in [1.807, 2.05) is 13.0 Å². The summed E-state index contributed by atoms with van der Waals surface area (Å²) in [5, 5.41) is 3.18. The van der Waals surface area contributed by atoms with Crippen molar-refractivity contribution in [3.8, 4) is 0 Å². The molecule has 5 nitrogen and oxygen atoms in total. The predicted octanol–water partition coefficient (Wildman–Crippen LogP) is 1.09. The third kappa shape index (κ3) is 4.29. The number of hydrogen-bond acceptors (Lipinski definition) is 4. The van der Waals surface area contributed by atoms with Crippen LogP contribution in [0.4, 0.5) is 5.82 Å². The van der Waals surface area contributed by atoms with Crippen molar-refractivity contribution in [3.63, 3.8) is 0 Å². The Balaban J connectivity index is 2.54. The molecule has 0 radical (unpaired) electrons. The standard InChI is InChI=1S/C12H18N4OS/c1-8-5-7-16-12(10(8)11(14)18)15-6-3-2-4-9(13)17/h5,7H,2-4,6H2,1H3,(H2,13,17)(H2,14,18)(H,15,16). The summed E-state index contributed by atoms with van der Waals surface area (Å²) < 4.78 is 0. The predicted molar refractivity (Wildman–Crippen MR) is 76.4 cm³/mol. The summed E-state index contributed by atoms with van der Waals surface area (Å²) in [6, 6.07) is 1.87. The van der Waals surface area contributed by atoms with Gasteiger partial charge in [-0.3, -0.25) is 4.79 Å². The fraction of sp³-hybridized carbons (Fsp3) is 0.417. The Hall–Kier alpha value is -1.69. The Kier molecular flexibility index (Phi) is 5.51. The number of nitrogens with one attached hydrogen (secondary N) is 1. The number of aromatic nitrogens is 1. The quantitative estimate of drug-likeness (QED) is 0.507. The molecule has 0 bridgehead atoms. The average molecular weight is 266 g/mol. The maximum atomic E-state index is 10.6. The molecular formula is C12H18N4OS. The number of thiocarbonyl (C=S) groups is 1. The van der Waals surface area contributed by atoms with Gasteiger partial charge in [0.25, 0.3) is 0 Å². The molecule has 0 aliphatic carbocycles. The van der Waals surface area contributed by atoms with Gasteiger partial charge in [-0.25, -0.2) is 4.98 Å². The van der Waals surface area contributed by atoms with Gasteiger partial charge in [-0.2, -0.15) is 0 Å². The van der Waals surface area contributed by atoms with Crippen LogP contribution in [0.3, 0.4) is 0 Å². The number of aryl methyl sites for hydroxylation is 1. The molecule has 5 N–H and O–H groups in total. The maximum Gasteiger partial charge on any atom is 0.217 e. The van der Waals surface area contributed by atoms with Crippen molar-refractivity contribution >= 4 is 28.9 Å². The molecule has 1 heterocycles. The van der Waals surface area contributed by atoms with E-state index < -0.39 is 0 Å². The van der Waals surface area contributed by atoms with Crippen molar-refractivity contribution in [3.05, 3.63) is 23.4 Å². The van der Waals surface area contributed by atoms with Gasteiger partial charge in [0.1, 0.15) is 10.8 Å². The van der Waals surface area contributed by atoms with E-state index in [-0.39, 0.29) is 5.91 Å². The second-order valence-corrected chi connectivity index (χ2v) is 4.51. The molecular weight excluding hydrogens is 248 g/mol. The molecule has 18 heavy (non-hydrogen) atoms. The minimum atomic E-state index is -0.271. The second-order valence-electron chi connectivity index (χ2n) is 4.07. The minimum Gasteiger partial charge on any atom is -0.389 e. The molecule has 0 aliphatic heterocycles. The monoisotopic (exact) mass is 266 g/mol. The van der Waals surface area contributed by atoms with Gasteiger partial charge >= 0.3 is 0 Å². The van der Waals surface area contributed by atoms with Crippen LogP contribution in [-0.2, 0) is 4.79 Å². The van der Waals surface area contributed by atoms with Crippen molar-refractivity contribution in [2.45, 2.75) is 26.2 Å². The minimum absolute atomic E-state index is 0.271. The highest BCUT2D eigenvalue weighted by molar-refractivity contribution is 7.80. The Bertz CT molecular complexity index is 448. The lowest BCUT2D eigenvalue weighted by Crippen LogP contribution is -2.17. The number of rotatable bonds is 7. The van der Waals surface area contributed by atoms with E-state index in [9.17, 15) is 4.79 Å². The Labute approximate surface area is 112 Å². The number of anilines is 1. The molecule has 0 spiro atoms.